The molecule has 1 rings (SSSR count). The number of rotatable bonds is 6. The third kappa shape index (κ3) is 4.27. The lowest BCUT2D eigenvalue weighted by molar-refractivity contribution is -0.133. The molecule has 3 nitrogen and oxygen atoms in total. The lowest BCUT2D eigenvalue weighted by atomic mass is 9.79. The molecule has 1 saturated carbocycles. The smallest absolute Gasteiger partial charge is 0.224 e. The molecule has 0 aromatic carbocycles. The molecule has 1 fully saturated rings. The number of carbonyl (C=O) groups excluding carboxylic acids is 1. The maximum Gasteiger partial charge on any atom is 0.224 e. The SMILES string of the molecule is CCN(CC(C)C)C(=O)CC1(NC)CCCCC1. The number of carbonyl (C=O) groups is 1. The van der Waals surface area contributed by atoms with Gasteiger partial charge in [0.2, 0.25) is 5.91 Å². The Balaban J connectivity index is 2.59. The van der Waals surface area contributed by atoms with Gasteiger partial charge in [0.25, 0.3) is 0 Å². The van der Waals surface area contributed by atoms with Gasteiger partial charge in [-0.1, -0.05) is 33.1 Å². The van der Waals surface area contributed by atoms with E-state index in [1.54, 1.807) is 0 Å². The van der Waals surface area contributed by atoms with Gasteiger partial charge in [-0.2, -0.15) is 0 Å². The van der Waals surface area contributed by atoms with Crippen LogP contribution in [-0.2, 0) is 4.79 Å². The van der Waals surface area contributed by atoms with Crippen molar-refractivity contribution >= 4 is 5.91 Å². The summed E-state index contributed by atoms with van der Waals surface area (Å²) in [5.74, 6) is 0.869. The van der Waals surface area contributed by atoms with Gasteiger partial charge in [-0.25, -0.2) is 0 Å². The molecular formula is C15H30N2O. The van der Waals surface area contributed by atoms with Crippen LogP contribution in [-0.4, -0.2) is 36.5 Å². The standard InChI is InChI=1S/C15H30N2O/c1-5-17(12-13(2)3)14(18)11-15(16-4)9-7-6-8-10-15/h13,16H,5-12H2,1-4H3. The van der Waals surface area contributed by atoms with Gasteiger partial charge in [0.15, 0.2) is 0 Å². The van der Waals surface area contributed by atoms with Gasteiger partial charge in [0, 0.05) is 25.0 Å². The van der Waals surface area contributed by atoms with Crippen LogP contribution in [0.1, 0.15) is 59.3 Å². The zero-order valence-electron chi connectivity index (χ0n) is 12.6. The van der Waals surface area contributed by atoms with E-state index in [1.807, 2.05) is 11.9 Å². The van der Waals surface area contributed by atoms with Crippen molar-refractivity contribution in [1.82, 2.24) is 10.2 Å². The molecule has 0 spiro atoms. The summed E-state index contributed by atoms with van der Waals surface area (Å²) in [7, 11) is 2.01. The Morgan fingerprint density at radius 1 is 1.28 bits per heavy atom. The highest BCUT2D eigenvalue weighted by molar-refractivity contribution is 5.77. The van der Waals surface area contributed by atoms with E-state index in [4.69, 9.17) is 0 Å². The maximum atomic E-state index is 12.4. The molecule has 0 bridgehead atoms. The molecule has 1 amide bonds. The van der Waals surface area contributed by atoms with Crippen molar-refractivity contribution in [2.45, 2.75) is 64.8 Å². The predicted molar refractivity (Wildman–Crippen MR) is 76.6 cm³/mol. The summed E-state index contributed by atoms with van der Waals surface area (Å²) in [4.78, 5) is 14.4. The molecule has 0 aromatic heterocycles. The van der Waals surface area contributed by atoms with Gasteiger partial charge in [0.05, 0.1) is 0 Å². The van der Waals surface area contributed by atoms with Crippen LogP contribution in [0, 0.1) is 5.92 Å². The summed E-state index contributed by atoms with van der Waals surface area (Å²) in [6.45, 7) is 8.13. The van der Waals surface area contributed by atoms with Crippen molar-refractivity contribution < 1.29 is 4.79 Å². The molecule has 18 heavy (non-hydrogen) atoms. The Labute approximate surface area is 112 Å². The molecule has 3 heteroatoms. The molecular weight excluding hydrogens is 224 g/mol. The highest BCUT2D eigenvalue weighted by atomic mass is 16.2. The van der Waals surface area contributed by atoms with Crippen molar-refractivity contribution in [3.05, 3.63) is 0 Å². The quantitative estimate of drug-likeness (QED) is 0.790. The zero-order valence-corrected chi connectivity index (χ0v) is 12.6. The number of amides is 1. The van der Waals surface area contributed by atoms with E-state index in [1.165, 1.54) is 19.3 Å². The van der Waals surface area contributed by atoms with Crippen molar-refractivity contribution in [3.8, 4) is 0 Å². The molecule has 0 aliphatic heterocycles. The highest BCUT2D eigenvalue weighted by Crippen LogP contribution is 2.31. The van der Waals surface area contributed by atoms with E-state index in [2.05, 4.69) is 26.1 Å². The Hall–Kier alpha value is -0.570. The first-order valence-corrected chi connectivity index (χ1v) is 7.49. The number of nitrogens with one attached hydrogen (secondary N) is 1. The monoisotopic (exact) mass is 254 g/mol. The minimum atomic E-state index is 0.0692. The first kappa shape index (κ1) is 15.5. The average molecular weight is 254 g/mol. The van der Waals surface area contributed by atoms with Gasteiger partial charge < -0.3 is 10.2 Å². The van der Waals surface area contributed by atoms with Gasteiger partial charge in [-0.05, 0) is 32.7 Å². The molecule has 0 radical (unpaired) electrons. The van der Waals surface area contributed by atoms with Crippen molar-refractivity contribution in [3.63, 3.8) is 0 Å². The van der Waals surface area contributed by atoms with Crippen LogP contribution in [0.25, 0.3) is 0 Å². The second-order valence-corrected chi connectivity index (χ2v) is 6.09. The molecule has 0 unspecified atom stereocenters. The van der Waals surface area contributed by atoms with Gasteiger partial charge in [-0.15, -0.1) is 0 Å². The van der Waals surface area contributed by atoms with Crippen LogP contribution in [0.2, 0.25) is 0 Å². The zero-order chi connectivity index (χ0) is 13.6. The average Bonchev–Trinajstić information content (AvgIpc) is 2.36. The third-order valence-corrected chi connectivity index (χ3v) is 4.15. The third-order valence-electron chi connectivity index (χ3n) is 4.15. The van der Waals surface area contributed by atoms with Crippen LogP contribution in [0.4, 0.5) is 0 Å². The lowest BCUT2D eigenvalue weighted by Gasteiger charge is -2.38. The molecule has 0 saturated heterocycles. The molecule has 1 aliphatic carbocycles. The molecule has 106 valence electrons. The minimum absolute atomic E-state index is 0.0692. The van der Waals surface area contributed by atoms with Crippen LogP contribution in [0.3, 0.4) is 0 Å². The summed E-state index contributed by atoms with van der Waals surface area (Å²) in [5, 5.41) is 3.43. The fourth-order valence-electron chi connectivity index (χ4n) is 2.99. The molecule has 0 aromatic rings. The van der Waals surface area contributed by atoms with E-state index in [9.17, 15) is 4.79 Å². The fourth-order valence-corrected chi connectivity index (χ4v) is 2.99. The largest absolute Gasteiger partial charge is 0.343 e. The number of nitrogens with zero attached hydrogens (tertiary/aromatic N) is 1. The summed E-state index contributed by atoms with van der Waals surface area (Å²) in [6, 6.07) is 0. The lowest BCUT2D eigenvalue weighted by Crippen LogP contribution is -2.49. The molecule has 1 N–H and O–H groups in total. The maximum absolute atomic E-state index is 12.4. The van der Waals surface area contributed by atoms with Crippen LogP contribution < -0.4 is 5.32 Å². The predicted octanol–water partition coefficient (Wildman–Crippen LogP) is 2.80. The van der Waals surface area contributed by atoms with E-state index in [0.29, 0.717) is 18.2 Å². The normalized spacial score (nSPS) is 18.9. The topological polar surface area (TPSA) is 32.3 Å². The van der Waals surface area contributed by atoms with E-state index >= 15 is 0 Å². The summed E-state index contributed by atoms with van der Waals surface area (Å²) in [6.07, 6.45) is 6.79. The van der Waals surface area contributed by atoms with Gasteiger partial charge in [0.1, 0.15) is 0 Å². The second-order valence-electron chi connectivity index (χ2n) is 6.09. The van der Waals surface area contributed by atoms with Crippen LogP contribution in [0.5, 0.6) is 0 Å². The summed E-state index contributed by atoms with van der Waals surface area (Å²) in [5.41, 5.74) is 0.0692. The van der Waals surface area contributed by atoms with Crippen LogP contribution >= 0.6 is 0 Å². The van der Waals surface area contributed by atoms with Gasteiger partial charge in [-0.3, -0.25) is 4.79 Å². The molecule has 0 heterocycles. The van der Waals surface area contributed by atoms with Crippen molar-refractivity contribution in [2.24, 2.45) is 5.92 Å². The molecule has 0 atom stereocenters. The summed E-state index contributed by atoms with van der Waals surface area (Å²) < 4.78 is 0. The Kier molecular flexibility index (Phi) is 6.13. The Morgan fingerprint density at radius 3 is 2.33 bits per heavy atom. The van der Waals surface area contributed by atoms with Gasteiger partial charge >= 0.3 is 0 Å². The molecule has 1 aliphatic rings. The second kappa shape index (κ2) is 7.13. The first-order valence-electron chi connectivity index (χ1n) is 7.49. The van der Waals surface area contributed by atoms with E-state index in [0.717, 1.165) is 25.9 Å². The van der Waals surface area contributed by atoms with Crippen LogP contribution in [0.15, 0.2) is 0 Å². The highest BCUT2D eigenvalue weighted by Gasteiger charge is 2.33. The van der Waals surface area contributed by atoms with E-state index in [-0.39, 0.29) is 5.54 Å². The first-order chi connectivity index (χ1) is 8.53. The summed E-state index contributed by atoms with van der Waals surface area (Å²) >= 11 is 0. The number of hydrogen-bond acceptors (Lipinski definition) is 2. The number of hydrogen-bond donors (Lipinski definition) is 1. The Bertz CT molecular complexity index is 257. The fraction of sp³-hybridized carbons (Fsp3) is 0.933. The Morgan fingerprint density at radius 2 is 1.89 bits per heavy atom. The van der Waals surface area contributed by atoms with Crippen molar-refractivity contribution in [2.75, 3.05) is 20.1 Å². The van der Waals surface area contributed by atoms with Crippen molar-refractivity contribution in [1.29, 1.82) is 0 Å². The minimum Gasteiger partial charge on any atom is -0.343 e. The van der Waals surface area contributed by atoms with E-state index < -0.39 is 0 Å².